The van der Waals surface area contributed by atoms with Crippen molar-refractivity contribution in [3.63, 3.8) is 0 Å². The SMILES string of the molecule is CCCOC(=O)N1CCC(N2CCC3(CC2)CN(C(C)=O)c2ccc(F)cc23)CC1. The first-order valence-electron chi connectivity index (χ1n) is 11.2. The summed E-state index contributed by atoms with van der Waals surface area (Å²) in [6.45, 7) is 8.06. The summed E-state index contributed by atoms with van der Waals surface area (Å²) >= 11 is 0. The Morgan fingerprint density at radius 3 is 2.50 bits per heavy atom. The van der Waals surface area contributed by atoms with Gasteiger partial charge in [0.15, 0.2) is 0 Å². The van der Waals surface area contributed by atoms with Crippen LogP contribution < -0.4 is 4.90 Å². The lowest BCUT2D eigenvalue weighted by Crippen LogP contribution is -2.52. The maximum atomic E-state index is 14.0. The monoisotopic (exact) mass is 417 g/mol. The second kappa shape index (κ2) is 8.53. The topological polar surface area (TPSA) is 53.1 Å². The van der Waals surface area contributed by atoms with Crippen molar-refractivity contribution in [2.24, 2.45) is 0 Å². The van der Waals surface area contributed by atoms with E-state index in [1.165, 1.54) is 6.07 Å². The molecule has 0 aliphatic carbocycles. The van der Waals surface area contributed by atoms with Crippen molar-refractivity contribution in [2.75, 3.05) is 44.2 Å². The number of carbonyl (C=O) groups excluding carboxylic acids is 2. The van der Waals surface area contributed by atoms with E-state index in [4.69, 9.17) is 4.74 Å². The van der Waals surface area contributed by atoms with Crippen molar-refractivity contribution >= 4 is 17.7 Å². The number of likely N-dealkylation sites (tertiary alicyclic amines) is 2. The number of carbonyl (C=O) groups is 2. The van der Waals surface area contributed by atoms with E-state index in [2.05, 4.69) is 4.90 Å². The summed E-state index contributed by atoms with van der Waals surface area (Å²) < 4.78 is 19.3. The van der Waals surface area contributed by atoms with Gasteiger partial charge in [-0.05, 0) is 69.0 Å². The van der Waals surface area contributed by atoms with Gasteiger partial charge in [0.25, 0.3) is 0 Å². The maximum Gasteiger partial charge on any atom is 0.409 e. The third-order valence-electron chi connectivity index (χ3n) is 7.09. The van der Waals surface area contributed by atoms with Gasteiger partial charge in [-0.1, -0.05) is 6.92 Å². The molecule has 1 spiro atoms. The van der Waals surface area contributed by atoms with Crippen molar-refractivity contribution in [3.8, 4) is 0 Å². The van der Waals surface area contributed by atoms with Gasteiger partial charge >= 0.3 is 6.09 Å². The molecule has 2 fully saturated rings. The molecule has 0 saturated carbocycles. The molecule has 6 nitrogen and oxygen atoms in total. The van der Waals surface area contributed by atoms with Gasteiger partial charge in [0.2, 0.25) is 5.91 Å². The number of piperidine rings is 2. The predicted octanol–water partition coefficient (Wildman–Crippen LogP) is 3.54. The average Bonchev–Trinajstić information content (AvgIpc) is 3.06. The molecule has 3 heterocycles. The Hall–Kier alpha value is -2.15. The fourth-order valence-corrected chi connectivity index (χ4v) is 5.36. The van der Waals surface area contributed by atoms with Crippen LogP contribution in [0.25, 0.3) is 0 Å². The Morgan fingerprint density at radius 1 is 1.17 bits per heavy atom. The van der Waals surface area contributed by atoms with Gasteiger partial charge in [0, 0.05) is 43.7 Å². The van der Waals surface area contributed by atoms with E-state index >= 15 is 0 Å². The molecule has 4 rings (SSSR count). The molecule has 0 atom stereocenters. The van der Waals surface area contributed by atoms with Crippen LogP contribution >= 0.6 is 0 Å². The zero-order valence-electron chi connectivity index (χ0n) is 18.0. The molecule has 30 heavy (non-hydrogen) atoms. The van der Waals surface area contributed by atoms with Crippen LogP contribution in [0.15, 0.2) is 18.2 Å². The molecule has 0 radical (unpaired) electrons. The number of hydrogen-bond acceptors (Lipinski definition) is 4. The summed E-state index contributed by atoms with van der Waals surface area (Å²) in [5.41, 5.74) is 1.71. The van der Waals surface area contributed by atoms with Crippen LogP contribution in [0.5, 0.6) is 0 Å². The fraction of sp³-hybridized carbons (Fsp3) is 0.652. The van der Waals surface area contributed by atoms with Crippen molar-refractivity contribution in [3.05, 3.63) is 29.6 Å². The van der Waals surface area contributed by atoms with E-state index in [1.807, 2.05) is 16.7 Å². The highest BCUT2D eigenvalue weighted by Crippen LogP contribution is 2.47. The van der Waals surface area contributed by atoms with Crippen LogP contribution in [-0.2, 0) is 14.9 Å². The number of benzene rings is 1. The lowest BCUT2D eigenvalue weighted by Gasteiger charge is -2.45. The summed E-state index contributed by atoms with van der Waals surface area (Å²) in [5, 5.41) is 0. The minimum absolute atomic E-state index is 0.0180. The van der Waals surface area contributed by atoms with Crippen LogP contribution in [-0.4, -0.2) is 67.2 Å². The van der Waals surface area contributed by atoms with Crippen LogP contribution in [0.4, 0.5) is 14.9 Å². The summed E-state index contributed by atoms with van der Waals surface area (Å²) in [5.74, 6) is -0.215. The highest BCUT2D eigenvalue weighted by atomic mass is 19.1. The van der Waals surface area contributed by atoms with E-state index < -0.39 is 0 Å². The molecule has 1 aromatic carbocycles. The van der Waals surface area contributed by atoms with Gasteiger partial charge in [-0.2, -0.15) is 0 Å². The zero-order valence-corrected chi connectivity index (χ0v) is 18.0. The summed E-state index contributed by atoms with van der Waals surface area (Å²) in [4.78, 5) is 30.4. The highest BCUT2D eigenvalue weighted by molar-refractivity contribution is 5.94. The van der Waals surface area contributed by atoms with E-state index in [-0.39, 0.29) is 23.2 Å². The molecule has 0 N–H and O–H groups in total. The fourth-order valence-electron chi connectivity index (χ4n) is 5.36. The number of anilines is 1. The second-order valence-electron chi connectivity index (χ2n) is 8.92. The first-order valence-corrected chi connectivity index (χ1v) is 11.2. The molecule has 164 valence electrons. The van der Waals surface area contributed by atoms with Gasteiger partial charge in [-0.15, -0.1) is 0 Å². The van der Waals surface area contributed by atoms with E-state index in [9.17, 15) is 14.0 Å². The molecule has 0 bridgehead atoms. The molecule has 3 aliphatic rings. The van der Waals surface area contributed by atoms with Crippen LogP contribution in [0.2, 0.25) is 0 Å². The van der Waals surface area contributed by atoms with Crippen molar-refractivity contribution in [2.45, 2.75) is 57.4 Å². The Labute approximate surface area is 177 Å². The molecule has 0 aromatic heterocycles. The van der Waals surface area contributed by atoms with Crippen LogP contribution in [0.3, 0.4) is 0 Å². The number of halogens is 1. The number of nitrogens with zero attached hydrogens (tertiary/aromatic N) is 3. The number of hydrogen-bond donors (Lipinski definition) is 0. The van der Waals surface area contributed by atoms with Crippen LogP contribution in [0, 0.1) is 5.82 Å². The summed E-state index contributed by atoms with van der Waals surface area (Å²) in [7, 11) is 0. The van der Waals surface area contributed by atoms with Gasteiger partial charge in [-0.3, -0.25) is 4.79 Å². The molecule has 7 heteroatoms. The molecule has 2 amide bonds. The van der Waals surface area contributed by atoms with Crippen LogP contribution in [0.1, 0.15) is 51.5 Å². The Bertz CT molecular complexity index is 799. The minimum atomic E-state index is -0.233. The standard InChI is InChI=1S/C23H32FN3O3/c1-3-14-30-22(29)26-10-6-19(7-11-26)25-12-8-23(9-13-25)16-27(17(2)28)21-5-4-18(24)15-20(21)23/h4-5,15,19H,3,6-14,16H2,1-2H3. The maximum absolute atomic E-state index is 14.0. The minimum Gasteiger partial charge on any atom is -0.449 e. The number of fused-ring (bicyclic) bond motifs is 2. The van der Waals surface area contributed by atoms with Gasteiger partial charge in [0.1, 0.15) is 5.82 Å². The van der Waals surface area contributed by atoms with E-state index in [1.54, 1.807) is 19.1 Å². The first kappa shape index (κ1) is 21.1. The normalized spacial score (nSPS) is 21.7. The molecule has 3 aliphatic heterocycles. The second-order valence-corrected chi connectivity index (χ2v) is 8.92. The summed E-state index contributed by atoms with van der Waals surface area (Å²) in [6, 6.07) is 5.30. The molecular formula is C23H32FN3O3. The largest absolute Gasteiger partial charge is 0.449 e. The lowest BCUT2D eigenvalue weighted by atomic mass is 9.74. The smallest absolute Gasteiger partial charge is 0.409 e. The molecule has 1 aromatic rings. The third-order valence-corrected chi connectivity index (χ3v) is 7.09. The molecular weight excluding hydrogens is 385 g/mol. The van der Waals surface area contributed by atoms with Crippen molar-refractivity contribution in [1.29, 1.82) is 0 Å². The molecule has 2 saturated heterocycles. The molecule has 0 unspecified atom stereocenters. The lowest BCUT2D eigenvalue weighted by molar-refractivity contribution is -0.116. The number of ether oxygens (including phenoxy) is 1. The van der Waals surface area contributed by atoms with Gasteiger partial charge in [-0.25, -0.2) is 9.18 Å². The first-order chi connectivity index (χ1) is 14.4. The van der Waals surface area contributed by atoms with Gasteiger partial charge < -0.3 is 19.4 Å². The Balaban J connectivity index is 1.38. The number of rotatable bonds is 3. The zero-order chi connectivity index (χ0) is 21.3. The van der Waals surface area contributed by atoms with Crippen molar-refractivity contribution in [1.82, 2.24) is 9.80 Å². The van der Waals surface area contributed by atoms with E-state index in [0.29, 0.717) is 19.2 Å². The summed E-state index contributed by atoms with van der Waals surface area (Å²) in [6.07, 6.45) is 4.41. The average molecular weight is 418 g/mol. The quantitative estimate of drug-likeness (QED) is 0.755. The predicted molar refractivity (Wildman–Crippen MR) is 113 cm³/mol. The Kier molecular flexibility index (Phi) is 6.00. The third kappa shape index (κ3) is 3.92. The van der Waals surface area contributed by atoms with Gasteiger partial charge in [0.05, 0.1) is 6.61 Å². The highest BCUT2D eigenvalue weighted by Gasteiger charge is 2.46. The van der Waals surface area contributed by atoms with E-state index in [0.717, 1.165) is 69.5 Å². The van der Waals surface area contributed by atoms with Crippen molar-refractivity contribution < 1.29 is 18.7 Å². The number of amides is 2. The Morgan fingerprint density at radius 2 is 1.87 bits per heavy atom.